The molecule has 0 aliphatic carbocycles. The molecule has 5 nitrogen and oxygen atoms in total. The summed E-state index contributed by atoms with van der Waals surface area (Å²) in [5, 5.41) is 2.73. The molecule has 0 spiro atoms. The lowest BCUT2D eigenvalue weighted by molar-refractivity contribution is -0.117. The lowest BCUT2D eigenvalue weighted by Gasteiger charge is -2.20. The fraction of sp³-hybridized carbons (Fsp3) is 0.857. The number of alkyl carbamates (subject to hydrolysis) is 1. The Morgan fingerprint density at radius 3 is 2.26 bits per heavy atom. The van der Waals surface area contributed by atoms with Crippen LogP contribution in [0.15, 0.2) is 0 Å². The SMILES string of the molecule is CC(=O)CCCN(C)CCCNC(=O)OC(C)(C)C. The number of hydrogen-bond acceptors (Lipinski definition) is 4. The van der Waals surface area contributed by atoms with Gasteiger partial charge in [0.2, 0.25) is 0 Å². The number of carbonyl (C=O) groups excluding carboxylic acids is 2. The van der Waals surface area contributed by atoms with Gasteiger partial charge in [-0.3, -0.25) is 0 Å². The highest BCUT2D eigenvalue weighted by Gasteiger charge is 2.15. The van der Waals surface area contributed by atoms with Crippen molar-refractivity contribution in [3.8, 4) is 0 Å². The number of amides is 1. The first-order valence-corrected chi connectivity index (χ1v) is 6.85. The van der Waals surface area contributed by atoms with Crippen LogP contribution in [0.4, 0.5) is 4.79 Å². The lowest BCUT2D eigenvalue weighted by atomic mass is 10.2. The van der Waals surface area contributed by atoms with Crippen molar-refractivity contribution in [1.29, 1.82) is 0 Å². The molecule has 0 aromatic rings. The number of carbonyl (C=O) groups is 2. The van der Waals surface area contributed by atoms with Crippen molar-refractivity contribution in [3.05, 3.63) is 0 Å². The van der Waals surface area contributed by atoms with Crippen LogP contribution < -0.4 is 5.32 Å². The van der Waals surface area contributed by atoms with Crippen LogP contribution in [0, 0.1) is 0 Å². The predicted molar refractivity (Wildman–Crippen MR) is 76.3 cm³/mol. The van der Waals surface area contributed by atoms with Crippen molar-refractivity contribution in [1.82, 2.24) is 10.2 Å². The number of hydrogen-bond donors (Lipinski definition) is 1. The van der Waals surface area contributed by atoms with Crippen molar-refractivity contribution in [2.75, 3.05) is 26.7 Å². The summed E-state index contributed by atoms with van der Waals surface area (Å²) in [5.41, 5.74) is -0.451. The molecule has 0 aromatic carbocycles. The Labute approximate surface area is 116 Å². The highest BCUT2D eigenvalue weighted by atomic mass is 16.6. The van der Waals surface area contributed by atoms with E-state index >= 15 is 0 Å². The second-order valence-electron chi connectivity index (χ2n) is 5.89. The molecule has 0 radical (unpaired) electrons. The van der Waals surface area contributed by atoms with Crippen LogP contribution in [-0.2, 0) is 9.53 Å². The third-order valence-corrected chi connectivity index (χ3v) is 2.45. The van der Waals surface area contributed by atoms with Crippen LogP contribution in [0.1, 0.15) is 47.0 Å². The standard InChI is InChI=1S/C14H28N2O3/c1-12(17)8-6-10-16(5)11-7-9-15-13(18)19-14(2,3)4/h6-11H2,1-5H3,(H,15,18). The third-order valence-electron chi connectivity index (χ3n) is 2.45. The lowest BCUT2D eigenvalue weighted by Crippen LogP contribution is -2.34. The van der Waals surface area contributed by atoms with Crippen molar-refractivity contribution in [2.45, 2.75) is 52.6 Å². The molecule has 0 unspecified atom stereocenters. The van der Waals surface area contributed by atoms with Crippen LogP contribution in [0.25, 0.3) is 0 Å². The second-order valence-corrected chi connectivity index (χ2v) is 5.89. The number of Topliss-reactive ketones (excluding diaryl/α,β-unsaturated/α-hetero) is 1. The zero-order chi connectivity index (χ0) is 14.9. The Morgan fingerprint density at radius 2 is 1.74 bits per heavy atom. The topological polar surface area (TPSA) is 58.6 Å². The van der Waals surface area contributed by atoms with E-state index in [1.54, 1.807) is 6.92 Å². The summed E-state index contributed by atoms with van der Waals surface area (Å²) in [6.45, 7) is 9.55. The van der Waals surface area contributed by atoms with E-state index in [9.17, 15) is 9.59 Å². The van der Waals surface area contributed by atoms with Gasteiger partial charge in [-0.05, 0) is 60.7 Å². The van der Waals surface area contributed by atoms with Crippen LogP contribution in [0.3, 0.4) is 0 Å². The number of nitrogens with zero attached hydrogens (tertiary/aromatic N) is 1. The van der Waals surface area contributed by atoms with Crippen molar-refractivity contribution < 1.29 is 14.3 Å². The summed E-state index contributed by atoms with van der Waals surface area (Å²) in [7, 11) is 2.02. The van der Waals surface area contributed by atoms with E-state index in [1.807, 2.05) is 27.8 Å². The molecule has 19 heavy (non-hydrogen) atoms. The predicted octanol–water partition coefficient (Wildman–Crippen LogP) is 2.20. The van der Waals surface area contributed by atoms with E-state index in [-0.39, 0.29) is 11.9 Å². The van der Waals surface area contributed by atoms with Gasteiger partial charge >= 0.3 is 6.09 Å². The Kier molecular flexibility index (Phi) is 8.39. The van der Waals surface area contributed by atoms with Gasteiger partial charge in [-0.1, -0.05) is 0 Å². The summed E-state index contributed by atoms with van der Waals surface area (Å²) >= 11 is 0. The van der Waals surface area contributed by atoms with Gasteiger partial charge in [0, 0.05) is 13.0 Å². The molecule has 0 saturated carbocycles. The van der Waals surface area contributed by atoms with Crippen LogP contribution in [-0.4, -0.2) is 49.1 Å². The van der Waals surface area contributed by atoms with E-state index in [4.69, 9.17) is 4.74 Å². The Morgan fingerprint density at radius 1 is 1.16 bits per heavy atom. The molecule has 1 amide bonds. The van der Waals surface area contributed by atoms with Gasteiger partial charge in [0.05, 0.1) is 0 Å². The summed E-state index contributed by atoms with van der Waals surface area (Å²) in [6.07, 6.45) is 2.04. The minimum Gasteiger partial charge on any atom is -0.444 e. The molecular formula is C14H28N2O3. The molecule has 0 bridgehead atoms. The number of nitrogens with one attached hydrogen (secondary N) is 1. The molecule has 112 valence electrons. The van der Waals surface area contributed by atoms with Crippen LogP contribution in [0.2, 0.25) is 0 Å². The molecule has 0 fully saturated rings. The van der Waals surface area contributed by atoms with Crippen molar-refractivity contribution in [3.63, 3.8) is 0 Å². The average Bonchev–Trinajstić information content (AvgIpc) is 2.21. The monoisotopic (exact) mass is 272 g/mol. The fourth-order valence-electron chi connectivity index (χ4n) is 1.56. The molecule has 0 saturated heterocycles. The molecule has 0 aliphatic rings. The molecule has 0 aromatic heterocycles. The number of rotatable bonds is 8. The van der Waals surface area contributed by atoms with Crippen LogP contribution >= 0.6 is 0 Å². The normalized spacial score (nSPS) is 11.5. The quantitative estimate of drug-likeness (QED) is 0.688. The second kappa shape index (κ2) is 8.91. The average molecular weight is 272 g/mol. The van der Waals surface area contributed by atoms with E-state index in [0.717, 1.165) is 25.9 Å². The minimum absolute atomic E-state index is 0.236. The maximum absolute atomic E-state index is 11.4. The van der Waals surface area contributed by atoms with Crippen molar-refractivity contribution in [2.24, 2.45) is 0 Å². The molecule has 0 atom stereocenters. The smallest absolute Gasteiger partial charge is 0.407 e. The van der Waals surface area contributed by atoms with Gasteiger partial charge in [-0.15, -0.1) is 0 Å². The van der Waals surface area contributed by atoms with Crippen LogP contribution in [0.5, 0.6) is 0 Å². The maximum atomic E-state index is 11.4. The number of ketones is 1. The molecule has 5 heteroatoms. The van der Waals surface area contributed by atoms with Gasteiger partial charge in [0.25, 0.3) is 0 Å². The molecule has 0 aliphatic heterocycles. The first-order valence-electron chi connectivity index (χ1n) is 6.85. The van der Waals surface area contributed by atoms with E-state index in [1.165, 1.54) is 0 Å². The van der Waals surface area contributed by atoms with Gasteiger partial charge in [0.1, 0.15) is 11.4 Å². The third kappa shape index (κ3) is 13.1. The zero-order valence-electron chi connectivity index (χ0n) is 12.9. The Hall–Kier alpha value is -1.10. The first kappa shape index (κ1) is 17.9. The fourth-order valence-corrected chi connectivity index (χ4v) is 1.56. The molecular weight excluding hydrogens is 244 g/mol. The maximum Gasteiger partial charge on any atom is 0.407 e. The summed E-state index contributed by atoms with van der Waals surface area (Å²) < 4.78 is 5.13. The molecule has 1 N–H and O–H groups in total. The molecule has 0 heterocycles. The van der Waals surface area contributed by atoms with Gasteiger partial charge in [-0.25, -0.2) is 4.79 Å². The molecule has 0 rings (SSSR count). The van der Waals surface area contributed by atoms with E-state index in [2.05, 4.69) is 10.2 Å². The Bertz CT molecular complexity index is 285. The van der Waals surface area contributed by atoms with Crippen molar-refractivity contribution >= 4 is 11.9 Å². The zero-order valence-corrected chi connectivity index (χ0v) is 12.9. The summed E-state index contributed by atoms with van der Waals surface area (Å²) in [5.74, 6) is 0.236. The highest BCUT2D eigenvalue weighted by molar-refractivity contribution is 5.75. The van der Waals surface area contributed by atoms with E-state index < -0.39 is 5.60 Å². The largest absolute Gasteiger partial charge is 0.444 e. The number of ether oxygens (including phenoxy) is 1. The van der Waals surface area contributed by atoms with Gasteiger partial charge in [-0.2, -0.15) is 0 Å². The van der Waals surface area contributed by atoms with Gasteiger partial charge < -0.3 is 19.7 Å². The first-order chi connectivity index (χ1) is 8.70. The summed E-state index contributed by atoms with van der Waals surface area (Å²) in [6, 6.07) is 0. The Balaban J connectivity index is 3.53. The minimum atomic E-state index is -0.451. The highest BCUT2D eigenvalue weighted by Crippen LogP contribution is 2.06. The summed E-state index contributed by atoms with van der Waals surface area (Å²) in [4.78, 5) is 24.3. The van der Waals surface area contributed by atoms with Gasteiger partial charge in [0.15, 0.2) is 0 Å². The van der Waals surface area contributed by atoms with E-state index in [0.29, 0.717) is 13.0 Å².